The molecule has 2 aliphatic rings. The number of hydrogen-bond acceptors (Lipinski definition) is 6. The van der Waals surface area contributed by atoms with Gasteiger partial charge in [-0.1, -0.05) is 18.6 Å². The summed E-state index contributed by atoms with van der Waals surface area (Å²) in [6, 6.07) is 8.10. The quantitative estimate of drug-likeness (QED) is 0.590. The van der Waals surface area contributed by atoms with E-state index >= 15 is 0 Å². The number of carbonyl (C=O) groups is 1. The number of primary amides is 1. The highest BCUT2D eigenvalue weighted by molar-refractivity contribution is 7.19. The van der Waals surface area contributed by atoms with Gasteiger partial charge >= 0.3 is 0 Å². The first-order chi connectivity index (χ1) is 14.6. The molecule has 0 unspecified atom stereocenters. The maximum absolute atomic E-state index is 11.3. The van der Waals surface area contributed by atoms with E-state index in [0.29, 0.717) is 24.0 Å². The van der Waals surface area contributed by atoms with Gasteiger partial charge in [0.15, 0.2) is 0 Å². The molecule has 1 saturated carbocycles. The molecule has 156 valence electrons. The summed E-state index contributed by atoms with van der Waals surface area (Å²) in [6.45, 7) is 1.48. The molecule has 2 aliphatic carbocycles. The third-order valence-corrected chi connectivity index (χ3v) is 7.36. The number of anilines is 1. The van der Waals surface area contributed by atoms with Gasteiger partial charge in [-0.05, 0) is 61.8 Å². The highest BCUT2D eigenvalue weighted by Gasteiger charge is 2.30. The van der Waals surface area contributed by atoms with Gasteiger partial charge in [0.2, 0.25) is 5.91 Å². The second-order valence-corrected chi connectivity index (χ2v) is 9.55. The Labute approximate surface area is 180 Å². The molecule has 30 heavy (non-hydrogen) atoms. The van der Waals surface area contributed by atoms with Crippen LogP contribution in [0.5, 0.6) is 0 Å². The van der Waals surface area contributed by atoms with Crippen molar-refractivity contribution in [1.29, 1.82) is 0 Å². The SMILES string of the molecule is NC(=O)c1ccc(CN(Cc2nc(N)c3c4c(sc3n2)CCCCC4)C2CC2)cc1. The fourth-order valence-electron chi connectivity index (χ4n) is 4.42. The largest absolute Gasteiger partial charge is 0.383 e. The summed E-state index contributed by atoms with van der Waals surface area (Å²) >= 11 is 1.81. The monoisotopic (exact) mass is 421 g/mol. The molecular weight excluding hydrogens is 394 g/mol. The maximum Gasteiger partial charge on any atom is 0.248 e. The fourth-order valence-corrected chi connectivity index (χ4v) is 5.71. The van der Waals surface area contributed by atoms with Crippen LogP contribution in [0.1, 0.15) is 64.3 Å². The van der Waals surface area contributed by atoms with Crippen LogP contribution in [0.2, 0.25) is 0 Å². The van der Waals surface area contributed by atoms with Crippen molar-refractivity contribution in [1.82, 2.24) is 14.9 Å². The summed E-state index contributed by atoms with van der Waals surface area (Å²) in [5, 5.41) is 1.10. The van der Waals surface area contributed by atoms with Gasteiger partial charge in [-0.25, -0.2) is 9.97 Å². The molecule has 6 nitrogen and oxygen atoms in total. The van der Waals surface area contributed by atoms with E-state index in [4.69, 9.17) is 21.4 Å². The van der Waals surface area contributed by atoms with Crippen molar-refractivity contribution < 1.29 is 4.79 Å². The molecule has 0 bridgehead atoms. The number of nitrogen functional groups attached to an aromatic ring is 1. The van der Waals surface area contributed by atoms with Crippen molar-refractivity contribution in [2.24, 2.45) is 5.73 Å². The molecule has 1 fully saturated rings. The first kappa shape index (κ1) is 19.5. The van der Waals surface area contributed by atoms with Crippen molar-refractivity contribution in [2.75, 3.05) is 5.73 Å². The molecule has 0 radical (unpaired) electrons. The van der Waals surface area contributed by atoms with E-state index in [1.54, 1.807) is 12.1 Å². The van der Waals surface area contributed by atoms with E-state index in [1.165, 1.54) is 42.5 Å². The van der Waals surface area contributed by atoms with Crippen LogP contribution < -0.4 is 11.5 Å². The van der Waals surface area contributed by atoms with Crippen LogP contribution in [0.15, 0.2) is 24.3 Å². The molecule has 4 N–H and O–H groups in total. The van der Waals surface area contributed by atoms with Gasteiger partial charge in [-0.15, -0.1) is 11.3 Å². The maximum atomic E-state index is 11.3. The zero-order chi connectivity index (χ0) is 20.7. The molecule has 0 aliphatic heterocycles. The number of hydrogen-bond donors (Lipinski definition) is 2. The van der Waals surface area contributed by atoms with Crippen molar-refractivity contribution in [3.05, 3.63) is 51.7 Å². The first-order valence-corrected chi connectivity index (χ1v) is 11.6. The van der Waals surface area contributed by atoms with Crippen molar-refractivity contribution in [3.63, 3.8) is 0 Å². The average molecular weight is 422 g/mol. The molecule has 2 aromatic heterocycles. The second-order valence-electron chi connectivity index (χ2n) is 8.47. The van der Waals surface area contributed by atoms with Crippen LogP contribution >= 0.6 is 11.3 Å². The molecule has 7 heteroatoms. The van der Waals surface area contributed by atoms with Crippen LogP contribution in [0.4, 0.5) is 5.82 Å². The average Bonchev–Trinajstić information content (AvgIpc) is 3.53. The number of rotatable bonds is 6. The Morgan fingerprint density at radius 2 is 1.83 bits per heavy atom. The van der Waals surface area contributed by atoms with Gasteiger partial charge in [0, 0.05) is 23.0 Å². The van der Waals surface area contributed by atoms with E-state index in [2.05, 4.69) is 4.90 Å². The predicted octanol–water partition coefficient (Wildman–Crippen LogP) is 3.81. The minimum absolute atomic E-state index is 0.396. The number of benzene rings is 1. The lowest BCUT2D eigenvalue weighted by Gasteiger charge is -2.21. The summed E-state index contributed by atoms with van der Waals surface area (Å²) < 4.78 is 0. The van der Waals surface area contributed by atoms with Gasteiger partial charge in [-0.2, -0.15) is 0 Å². The molecule has 0 atom stereocenters. The van der Waals surface area contributed by atoms with Crippen molar-refractivity contribution >= 4 is 33.3 Å². The Morgan fingerprint density at radius 3 is 2.57 bits per heavy atom. The number of aromatic nitrogens is 2. The molecule has 1 aromatic carbocycles. The molecule has 0 spiro atoms. The summed E-state index contributed by atoms with van der Waals surface area (Å²) in [4.78, 5) is 25.9. The smallest absolute Gasteiger partial charge is 0.248 e. The van der Waals surface area contributed by atoms with E-state index in [-0.39, 0.29) is 0 Å². The zero-order valence-electron chi connectivity index (χ0n) is 17.1. The molecule has 2 heterocycles. The summed E-state index contributed by atoms with van der Waals surface area (Å²) in [5.74, 6) is 1.04. The minimum atomic E-state index is -0.396. The standard InChI is InChI=1S/C23H27N5OS/c24-21-20-17-4-2-1-3-5-18(17)30-23(20)27-19(26-21)13-28(16-10-11-16)12-14-6-8-15(9-7-14)22(25)29/h6-9,16H,1-5,10-13H2,(H2,25,29)(H2,24,26,27). The number of aryl methyl sites for hydroxylation is 2. The Hall–Kier alpha value is -2.51. The summed E-state index contributed by atoms with van der Waals surface area (Å²) in [5.41, 5.74) is 14.9. The minimum Gasteiger partial charge on any atom is -0.383 e. The zero-order valence-corrected chi connectivity index (χ0v) is 17.9. The summed E-state index contributed by atoms with van der Waals surface area (Å²) in [6.07, 6.45) is 8.40. The van der Waals surface area contributed by atoms with Crippen LogP contribution in [-0.4, -0.2) is 26.8 Å². The third kappa shape index (κ3) is 3.91. The third-order valence-electron chi connectivity index (χ3n) is 6.17. The summed E-state index contributed by atoms with van der Waals surface area (Å²) in [7, 11) is 0. The van der Waals surface area contributed by atoms with Gasteiger partial charge in [0.1, 0.15) is 16.5 Å². The van der Waals surface area contributed by atoms with E-state index in [9.17, 15) is 4.79 Å². The number of carbonyl (C=O) groups excluding carboxylic acids is 1. The second kappa shape index (κ2) is 7.96. The Morgan fingerprint density at radius 1 is 1.07 bits per heavy atom. The number of thiophene rings is 1. The van der Waals surface area contributed by atoms with Crippen molar-refractivity contribution in [2.45, 2.75) is 64.1 Å². The van der Waals surface area contributed by atoms with Gasteiger partial charge in [0.25, 0.3) is 0 Å². The Kier molecular flexibility index (Phi) is 5.16. The van der Waals surface area contributed by atoms with Gasteiger partial charge in [0.05, 0.1) is 11.9 Å². The Balaban J connectivity index is 1.39. The highest BCUT2D eigenvalue weighted by atomic mass is 32.1. The molecule has 0 saturated heterocycles. The first-order valence-electron chi connectivity index (χ1n) is 10.8. The molecule has 5 rings (SSSR count). The lowest BCUT2D eigenvalue weighted by Crippen LogP contribution is -2.26. The number of nitrogens with zero attached hydrogens (tertiary/aromatic N) is 3. The highest BCUT2D eigenvalue weighted by Crippen LogP contribution is 2.37. The fraction of sp³-hybridized carbons (Fsp3) is 0.435. The molecular formula is C23H27N5OS. The van der Waals surface area contributed by atoms with Crippen LogP contribution in [0.3, 0.4) is 0 Å². The lowest BCUT2D eigenvalue weighted by atomic mass is 10.1. The lowest BCUT2D eigenvalue weighted by molar-refractivity contribution is 0.100. The number of nitrogens with two attached hydrogens (primary N) is 2. The van der Waals surface area contributed by atoms with Crippen LogP contribution in [-0.2, 0) is 25.9 Å². The number of amides is 1. The van der Waals surface area contributed by atoms with E-state index in [0.717, 1.165) is 41.0 Å². The molecule has 1 amide bonds. The van der Waals surface area contributed by atoms with Gasteiger partial charge < -0.3 is 11.5 Å². The predicted molar refractivity (Wildman–Crippen MR) is 120 cm³/mol. The van der Waals surface area contributed by atoms with Crippen molar-refractivity contribution in [3.8, 4) is 0 Å². The van der Waals surface area contributed by atoms with E-state index < -0.39 is 5.91 Å². The normalized spacial score (nSPS) is 16.6. The number of fused-ring (bicyclic) bond motifs is 3. The van der Waals surface area contributed by atoms with E-state index in [1.807, 2.05) is 23.5 Å². The van der Waals surface area contributed by atoms with Crippen LogP contribution in [0, 0.1) is 0 Å². The molecule has 3 aromatic rings. The van der Waals surface area contributed by atoms with Gasteiger partial charge in [-0.3, -0.25) is 9.69 Å². The topological polar surface area (TPSA) is 98.1 Å². The Bertz CT molecular complexity index is 1090. The van der Waals surface area contributed by atoms with Crippen LogP contribution in [0.25, 0.3) is 10.2 Å².